The predicted octanol–water partition coefficient (Wildman–Crippen LogP) is 4.90. The van der Waals surface area contributed by atoms with Crippen LogP contribution in [-0.4, -0.2) is 30.4 Å². The first-order valence-electron chi connectivity index (χ1n) is 11.6. The number of carbonyl (C=O) groups excluding carboxylic acids is 1. The van der Waals surface area contributed by atoms with E-state index in [9.17, 15) is 9.59 Å². The number of thiazole rings is 1. The monoisotopic (exact) mass is 560 g/mol. The number of nitrogens with zero attached hydrogens (tertiary/aromatic N) is 2. The average Bonchev–Trinajstić information content (AvgIpc) is 3.12. The number of carbonyl (C=O) groups is 1. The highest BCUT2D eigenvalue weighted by Crippen LogP contribution is 2.36. The molecule has 0 bridgehead atoms. The standard InChI is InChI=1S/C27H26Cl2N2O5S/c1-6-35-26(33)22-15(4)30-27-31(23(22)18-9-7-8-10-20(18)36-14(2)3)25(32)21(37-27)12-16-11-17(28)13-19(29)24(16)34-5/h7-14,23H,6H2,1-5H3/b21-12-/t23-/m1/s1. The topological polar surface area (TPSA) is 79.1 Å². The van der Waals surface area contributed by atoms with Crippen molar-refractivity contribution in [3.63, 3.8) is 0 Å². The molecule has 0 saturated carbocycles. The molecule has 0 aliphatic carbocycles. The van der Waals surface area contributed by atoms with Crippen molar-refractivity contribution in [2.45, 2.75) is 39.8 Å². The summed E-state index contributed by atoms with van der Waals surface area (Å²) in [7, 11) is 1.49. The number of ether oxygens (including phenoxy) is 3. The fourth-order valence-corrected chi connectivity index (χ4v) is 5.82. The third-order valence-corrected chi connectivity index (χ3v) is 7.10. The van der Waals surface area contributed by atoms with Crippen LogP contribution in [0.4, 0.5) is 0 Å². The molecular weight excluding hydrogens is 535 g/mol. The molecule has 2 aromatic carbocycles. The van der Waals surface area contributed by atoms with Gasteiger partial charge in [0.2, 0.25) is 0 Å². The van der Waals surface area contributed by atoms with Crippen LogP contribution >= 0.6 is 34.5 Å². The Labute approximate surface area is 228 Å². The normalized spacial score (nSPS) is 15.5. The number of halogens is 2. The van der Waals surface area contributed by atoms with Gasteiger partial charge in [-0.2, -0.15) is 0 Å². The molecule has 0 fully saturated rings. The highest BCUT2D eigenvalue weighted by atomic mass is 35.5. The Kier molecular flexibility index (Phi) is 8.11. The molecule has 1 aliphatic heterocycles. The van der Waals surface area contributed by atoms with Gasteiger partial charge in [0.1, 0.15) is 17.5 Å². The van der Waals surface area contributed by atoms with Gasteiger partial charge >= 0.3 is 5.97 Å². The van der Waals surface area contributed by atoms with Gasteiger partial charge in [0.05, 0.1) is 40.6 Å². The van der Waals surface area contributed by atoms with Gasteiger partial charge in [-0.15, -0.1) is 0 Å². The third kappa shape index (κ3) is 5.32. The second kappa shape index (κ2) is 11.1. The number of esters is 1. The zero-order chi connectivity index (χ0) is 26.9. The van der Waals surface area contributed by atoms with Crippen molar-refractivity contribution >= 4 is 46.6 Å². The molecule has 0 N–H and O–H groups in total. The molecule has 3 aromatic rings. The smallest absolute Gasteiger partial charge is 0.338 e. The van der Waals surface area contributed by atoms with Crippen molar-refractivity contribution in [1.29, 1.82) is 0 Å². The summed E-state index contributed by atoms with van der Waals surface area (Å²) in [4.78, 5) is 32.1. The van der Waals surface area contributed by atoms with Gasteiger partial charge in [0, 0.05) is 16.1 Å². The third-order valence-electron chi connectivity index (χ3n) is 5.62. The lowest BCUT2D eigenvalue weighted by molar-refractivity contribution is -0.139. The first-order valence-corrected chi connectivity index (χ1v) is 13.2. The lowest BCUT2D eigenvalue weighted by atomic mass is 9.95. The van der Waals surface area contributed by atoms with E-state index in [1.165, 1.54) is 23.0 Å². The lowest BCUT2D eigenvalue weighted by Crippen LogP contribution is -2.40. The summed E-state index contributed by atoms with van der Waals surface area (Å²) in [5.74, 6) is 0.426. The highest BCUT2D eigenvalue weighted by Gasteiger charge is 2.35. The van der Waals surface area contributed by atoms with E-state index in [1.54, 1.807) is 32.1 Å². The Balaban J connectivity index is 2.01. The van der Waals surface area contributed by atoms with Crippen molar-refractivity contribution in [2.24, 2.45) is 4.99 Å². The van der Waals surface area contributed by atoms with Gasteiger partial charge in [-0.05, 0) is 52.0 Å². The van der Waals surface area contributed by atoms with Crippen LogP contribution in [0.5, 0.6) is 11.5 Å². The van der Waals surface area contributed by atoms with E-state index < -0.39 is 12.0 Å². The van der Waals surface area contributed by atoms with Gasteiger partial charge in [-0.25, -0.2) is 9.79 Å². The van der Waals surface area contributed by atoms with E-state index in [-0.39, 0.29) is 23.8 Å². The molecule has 37 heavy (non-hydrogen) atoms. The summed E-state index contributed by atoms with van der Waals surface area (Å²) in [6, 6.07) is 9.80. The lowest BCUT2D eigenvalue weighted by Gasteiger charge is -2.26. The minimum atomic E-state index is -0.794. The summed E-state index contributed by atoms with van der Waals surface area (Å²) in [6.07, 6.45) is 1.55. The number of para-hydroxylation sites is 1. The maximum absolute atomic E-state index is 13.9. The average molecular weight is 561 g/mol. The predicted molar refractivity (Wildman–Crippen MR) is 146 cm³/mol. The molecule has 1 aliphatic rings. The summed E-state index contributed by atoms with van der Waals surface area (Å²) >= 11 is 13.7. The van der Waals surface area contributed by atoms with Crippen LogP contribution in [0.2, 0.25) is 10.0 Å². The number of benzene rings is 2. The van der Waals surface area contributed by atoms with Gasteiger partial charge < -0.3 is 14.2 Å². The van der Waals surface area contributed by atoms with E-state index in [0.717, 1.165) is 0 Å². The molecule has 0 spiro atoms. The number of allylic oxidation sites excluding steroid dienone is 1. The van der Waals surface area contributed by atoms with E-state index in [0.29, 0.717) is 47.7 Å². The SMILES string of the molecule is CCOC(=O)C1=C(C)N=c2s/c(=C\c3cc(Cl)cc(Cl)c3OC)c(=O)n2[C@@H]1c1ccccc1OC(C)C. The number of fused-ring (bicyclic) bond motifs is 1. The van der Waals surface area contributed by atoms with Gasteiger partial charge in [0.15, 0.2) is 4.80 Å². The number of rotatable bonds is 7. The Morgan fingerprint density at radius 1 is 1.24 bits per heavy atom. The van der Waals surface area contributed by atoms with Crippen LogP contribution in [0.15, 0.2) is 57.5 Å². The molecule has 0 radical (unpaired) electrons. The summed E-state index contributed by atoms with van der Waals surface area (Å²) < 4.78 is 18.8. The van der Waals surface area contributed by atoms with Crippen LogP contribution in [0.1, 0.15) is 44.9 Å². The zero-order valence-corrected chi connectivity index (χ0v) is 23.3. The number of hydrogen-bond acceptors (Lipinski definition) is 7. The van der Waals surface area contributed by atoms with Crippen LogP contribution < -0.4 is 24.4 Å². The van der Waals surface area contributed by atoms with E-state index in [1.807, 2.05) is 38.1 Å². The van der Waals surface area contributed by atoms with Crippen LogP contribution in [-0.2, 0) is 9.53 Å². The zero-order valence-electron chi connectivity index (χ0n) is 21.0. The first kappa shape index (κ1) is 27.0. The Hall–Kier alpha value is -3.07. The van der Waals surface area contributed by atoms with E-state index in [4.69, 9.17) is 37.4 Å². The molecule has 194 valence electrons. The Morgan fingerprint density at radius 2 is 1.97 bits per heavy atom. The second-order valence-electron chi connectivity index (χ2n) is 8.52. The summed E-state index contributed by atoms with van der Waals surface area (Å²) in [5.41, 5.74) is 1.62. The van der Waals surface area contributed by atoms with Gasteiger partial charge in [0.25, 0.3) is 5.56 Å². The first-order chi connectivity index (χ1) is 17.7. The minimum absolute atomic E-state index is 0.117. The maximum Gasteiger partial charge on any atom is 0.338 e. The fraction of sp³-hybridized carbons (Fsp3) is 0.296. The second-order valence-corrected chi connectivity index (χ2v) is 10.4. The number of hydrogen-bond donors (Lipinski definition) is 0. The van der Waals surface area contributed by atoms with Crippen molar-refractivity contribution in [3.05, 3.63) is 88.5 Å². The molecule has 0 amide bonds. The molecule has 4 rings (SSSR count). The van der Waals surface area contributed by atoms with E-state index >= 15 is 0 Å². The molecule has 0 unspecified atom stereocenters. The van der Waals surface area contributed by atoms with Crippen LogP contribution in [0.25, 0.3) is 6.08 Å². The number of aromatic nitrogens is 1. The molecule has 1 aromatic heterocycles. The Morgan fingerprint density at radius 3 is 2.65 bits per heavy atom. The quantitative estimate of drug-likeness (QED) is 0.384. The fourth-order valence-electron chi connectivity index (χ4n) is 4.20. The number of methoxy groups -OCH3 is 1. The molecule has 2 heterocycles. The molecule has 10 heteroatoms. The minimum Gasteiger partial charge on any atom is -0.495 e. The Bertz CT molecular complexity index is 1570. The maximum atomic E-state index is 13.9. The molecule has 7 nitrogen and oxygen atoms in total. The largest absolute Gasteiger partial charge is 0.495 e. The molecular formula is C27H26Cl2N2O5S. The van der Waals surface area contributed by atoms with E-state index in [2.05, 4.69) is 4.99 Å². The van der Waals surface area contributed by atoms with Crippen molar-refractivity contribution in [1.82, 2.24) is 4.57 Å². The van der Waals surface area contributed by atoms with Crippen molar-refractivity contribution in [3.8, 4) is 11.5 Å². The van der Waals surface area contributed by atoms with Crippen LogP contribution in [0, 0.1) is 0 Å². The van der Waals surface area contributed by atoms with Crippen molar-refractivity contribution < 1.29 is 19.0 Å². The van der Waals surface area contributed by atoms with Gasteiger partial charge in [-0.1, -0.05) is 52.7 Å². The van der Waals surface area contributed by atoms with Crippen LogP contribution in [0.3, 0.4) is 0 Å². The highest BCUT2D eigenvalue weighted by molar-refractivity contribution is 7.07. The summed E-state index contributed by atoms with van der Waals surface area (Å²) in [6.45, 7) is 7.49. The van der Waals surface area contributed by atoms with Crippen molar-refractivity contribution in [2.75, 3.05) is 13.7 Å². The summed E-state index contributed by atoms with van der Waals surface area (Å²) in [5, 5.41) is 0.731. The molecule has 1 atom stereocenters. The van der Waals surface area contributed by atoms with Gasteiger partial charge in [-0.3, -0.25) is 9.36 Å². The molecule has 0 saturated heterocycles.